The molecule has 0 spiro atoms. The van der Waals surface area contributed by atoms with Crippen molar-refractivity contribution in [3.8, 4) is 11.5 Å². The van der Waals surface area contributed by atoms with Gasteiger partial charge in [0.15, 0.2) is 0 Å². The summed E-state index contributed by atoms with van der Waals surface area (Å²) in [4.78, 5) is 9.83. The van der Waals surface area contributed by atoms with Crippen LogP contribution >= 0.6 is 11.8 Å². The number of thioether (sulfide) groups is 1. The number of alkyl halides is 2. The molecule has 2 heterocycles. The summed E-state index contributed by atoms with van der Waals surface area (Å²) in [5.41, 5.74) is 1.61. The lowest BCUT2D eigenvalue weighted by molar-refractivity contribution is 0.116. The molecule has 6 nitrogen and oxygen atoms in total. The Morgan fingerprint density at radius 3 is 2.43 bits per heavy atom. The molecular formula is C19H19F2N5OS. The number of nitrogens with one attached hydrogen (secondary N) is 1. The number of halogens is 2. The van der Waals surface area contributed by atoms with Crippen LogP contribution in [0.15, 0.2) is 46.0 Å². The molecule has 1 fully saturated rings. The largest absolute Gasteiger partial charge is 0.415 e. The van der Waals surface area contributed by atoms with Crippen molar-refractivity contribution >= 4 is 17.7 Å². The van der Waals surface area contributed by atoms with Gasteiger partial charge in [-0.15, -0.1) is 22.0 Å². The highest BCUT2D eigenvalue weighted by molar-refractivity contribution is 7.99. The maximum atomic E-state index is 12.6. The lowest BCUT2D eigenvalue weighted by Gasteiger charge is -2.42. The Balaban J connectivity index is 1.41. The molecule has 9 heteroatoms. The van der Waals surface area contributed by atoms with Gasteiger partial charge < -0.3 is 9.73 Å². The van der Waals surface area contributed by atoms with Crippen LogP contribution in [0.25, 0.3) is 11.5 Å². The van der Waals surface area contributed by atoms with E-state index in [0.29, 0.717) is 11.5 Å². The van der Waals surface area contributed by atoms with Crippen molar-refractivity contribution in [1.29, 1.82) is 0 Å². The van der Waals surface area contributed by atoms with E-state index in [2.05, 4.69) is 56.7 Å². The van der Waals surface area contributed by atoms with Crippen LogP contribution in [0, 0.1) is 6.92 Å². The minimum absolute atomic E-state index is 0.0184. The second-order valence-corrected chi connectivity index (χ2v) is 7.95. The number of anilines is 1. The summed E-state index contributed by atoms with van der Waals surface area (Å²) in [5, 5.41) is 10.4. The predicted octanol–water partition coefficient (Wildman–Crippen LogP) is 4.90. The van der Waals surface area contributed by atoms with Gasteiger partial charge in [-0.3, -0.25) is 0 Å². The van der Waals surface area contributed by atoms with E-state index in [1.807, 2.05) is 11.8 Å². The third-order valence-electron chi connectivity index (χ3n) is 4.75. The van der Waals surface area contributed by atoms with Crippen LogP contribution in [-0.2, 0) is 0 Å². The van der Waals surface area contributed by atoms with Gasteiger partial charge in [0.05, 0.1) is 5.56 Å². The Morgan fingerprint density at radius 1 is 1.14 bits per heavy atom. The Kier molecular flexibility index (Phi) is 5.25. The van der Waals surface area contributed by atoms with Gasteiger partial charge in [-0.2, -0.15) is 8.78 Å². The highest BCUT2D eigenvalue weighted by atomic mass is 32.2. The Bertz CT molecular complexity index is 926. The third-order valence-corrected chi connectivity index (χ3v) is 6.05. The normalized spacial score (nSPS) is 15.4. The lowest BCUT2D eigenvalue weighted by atomic mass is 9.78. The van der Waals surface area contributed by atoms with Crippen molar-refractivity contribution in [1.82, 2.24) is 20.2 Å². The first-order chi connectivity index (χ1) is 13.5. The van der Waals surface area contributed by atoms with Gasteiger partial charge >= 0.3 is 6.43 Å². The lowest BCUT2D eigenvalue weighted by Crippen LogP contribution is -2.47. The zero-order chi connectivity index (χ0) is 19.6. The Morgan fingerprint density at radius 2 is 1.86 bits per heavy atom. The summed E-state index contributed by atoms with van der Waals surface area (Å²) >= 11 is 1.81. The molecule has 1 aromatic carbocycles. The van der Waals surface area contributed by atoms with Crippen molar-refractivity contribution in [3.05, 3.63) is 48.1 Å². The van der Waals surface area contributed by atoms with E-state index in [1.165, 1.54) is 22.9 Å². The standard InChI is InChI=1S/C19H19F2N5OS/c1-12-3-5-14(6-4-12)28-11-19(7-2-8-19)24-18-22-9-13(10-23-18)16-25-26-17(27-16)15(20)21/h3-6,9-10,15H,2,7-8,11H2,1H3,(H,22,23,24). The highest BCUT2D eigenvalue weighted by Gasteiger charge is 2.37. The fourth-order valence-corrected chi connectivity index (χ4v) is 4.08. The van der Waals surface area contributed by atoms with E-state index >= 15 is 0 Å². The zero-order valence-corrected chi connectivity index (χ0v) is 16.0. The first-order valence-corrected chi connectivity index (χ1v) is 9.93. The quantitative estimate of drug-likeness (QED) is 0.562. The van der Waals surface area contributed by atoms with Gasteiger partial charge in [-0.25, -0.2) is 9.97 Å². The van der Waals surface area contributed by atoms with Crippen molar-refractivity contribution in [2.45, 2.75) is 43.0 Å². The second-order valence-electron chi connectivity index (χ2n) is 6.90. The van der Waals surface area contributed by atoms with Gasteiger partial charge in [0.1, 0.15) is 0 Å². The monoisotopic (exact) mass is 403 g/mol. The molecule has 0 bridgehead atoms. The van der Waals surface area contributed by atoms with Crippen LogP contribution in [0.5, 0.6) is 0 Å². The number of aryl methyl sites for hydroxylation is 1. The molecule has 4 rings (SSSR count). The Labute approximate surface area is 165 Å². The molecule has 146 valence electrons. The topological polar surface area (TPSA) is 76.7 Å². The summed E-state index contributed by atoms with van der Waals surface area (Å²) in [6.45, 7) is 2.08. The van der Waals surface area contributed by atoms with Crippen LogP contribution in [-0.4, -0.2) is 31.5 Å². The second kappa shape index (κ2) is 7.83. The molecule has 2 aromatic heterocycles. The van der Waals surface area contributed by atoms with Crippen LogP contribution < -0.4 is 5.32 Å². The molecule has 1 aliphatic rings. The van der Waals surface area contributed by atoms with Crippen LogP contribution in [0.4, 0.5) is 14.7 Å². The van der Waals surface area contributed by atoms with Crippen LogP contribution in [0.3, 0.4) is 0 Å². The Hall–Kier alpha value is -2.55. The summed E-state index contributed by atoms with van der Waals surface area (Å²) in [5.74, 6) is 0.693. The fourth-order valence-electron chi connectivity index (χ4n) is 2.94. The van der Waals surface area contributed by atoms with Gasteiger partial charge in [0.2, 0.25) is 5.95 Å². The molecule has 1 saturated carbocycles. The number of benzene rings is 1. The van der Waals surface area contributed by atoms with E-state index in [4.69, 9.17) is 4.42 Å². The van der Waals surface area contributed by atoms with E-state index in [0.717, 1.165) is 25.0 Å². The zero-order valence-electron chi connectivity index (χ0n) is 15.2. The molecule has 1 N–H and O–H groups in total. The van der Waals surface area contributed by atoms with Crippen molar-refractivity contribution in [2.24, 2.45) is 0 Å². The highest BCUT2D eigenvalue weighted by Crippen LogP contribution is 2.39. The molecule has 0 saturated heterocycles. The maximum Gasteiger partial charge on any atom is 0.314 e. The molecule has 1 aliphatic carbocycles. The molecule has 0 amide bonds. The average Bonchev–Trinajstić information content (AvgIpc) is 3.16. The number of rotatable bonds is 7. The maximum absolute atomic E-state index is 12.6. The molecule has 0 radical (unpaired) electrons. The number of aromatic nitrogens is 4. The molecule has 0 atom stereocenters. The van der Waals surface area contributed by atoms with Crippen LogP contribution in [0.1, 0.15) is 37.1 Å². The molecule has 3 aromatic rings. The fraction of sp³-hybridized carbons (Fsp3) is 0.368. The number of nitrogens with zero attached hydrogens (tertiary/aromatic N) is 4. The van der Waals surface area contributed by atoms with E-state index in [-0.39, 0.29) is 11.4 Å². The molecular weight excluding hydrogens is 384 g/mol. The summed E-state index contributed by atoms with van der Waals surface area (Å²) in [7, 11) is 0. The van der Waals surface area contributed by atoms with Crippen molar-refractivity contribution in [3.63, 3.8) is 0 Å². The molecule has 0 unspecified atom stereocenters. The van der Waals surface area contributed by atoms with Gasteiger partial charge in [0, 0.05) is 28.6 Å². The first-order valence-electron chi connectivity index (χ1n) is 8.95. The van der Waals surface area contributed by atoms with E-state index in [9.17, 15) is 8.78 Å². The van der Waals surface area contributed by atoms with Gasteiger partial charge in [-0.1, -0.05) is 17.7 Å². The molecule has 28 heavy (non-hydrogen) atoms. The minimum Gasteiger partial charge on any atom is -0.415 e. The smallest absolute Gasteiger partial charge is 0.314 e. The van der Waals surface area contributed by atoms with Crippen molar-refractivity contribution < 1.29 is 13.2 Å². The summed E-state index contributed by atoms with van der Waals surface area (Å²) in [6.07, 6.45) is 3.47. The minimum atomic E-state index is -2.80. The molecule has 0 aliphatic heterocycles. The van der Waals surface area contributed by atoms with Crippen molar-refractivity contribution in [2.75, 3.05) is 11.1 Å². The van der Waals surface area contributed by atoms with E-state index < -0.39 is 12.3 Å². The summed E-state index contributed by atoms with van der Waals surface area (Å²) < 4.78 is 30.1. The summed E-state index contributed by atoms with van der Waals surface area (Å²) in [6, 6.07) is 8.50. The SMILES string of the molecule is Cc1ccc(SCC2(Nc3ncc(-c4nnc(C(F)F)o4)cn3)CCC2)cc1. The van der Waals surface area contributed by atoms with Crippen LogP contribution in [0.2, 0.25) is 0 Å². The van der Waals surface area contributed by atoms with Gasteiger partial charge in [0.25, 0.3) is 11.8 Å². The number of hydrogen-bond donors (Lipinski definition) is 1. The van der Waals surface area contributed by atoms with E-state index in [1.54, 1.807) is 0 Å². The number of hydrogen-bond acceptors (Lipinski definition) is 7. The third kappa shape index (κ3) is 4.14. The predicted molar refractivity (Wildman–Crippen MR) is 102 cm³/mol. The first kappa shape index (κ1) is 18.8. The van der Waals surface area contributed by atoms with Gasteiger partial charge in [-0.05, 0) is 38.3 Å². The average molecular weight is 403 g/mol.